The minimum absolute atomic E-state index is 0.277. The molecule has 2 heterocycles. The number of hydrogen-bond donors (Lipinski definition) is 1. The summed E-state index contributed by atoms with van der Waals surface area (Å²) in [6, 6.07) is 9.92. The molecule has 7 nitrogen and oxygen atoms in total. The van der Waals surface area contributed by atoms with E-state index in [0.29, 0.717) is 26.0 Å². The largest absolute Gasteiger partial charge is 0.493 e. The van der Waals surface area contributed by atoms with E-state index < -0.39 is 5.60 Å². The van der Waals surface area contributed by atoms with Crippen LogP contribution >= 0.6 is 11.6 Å². The number of piperidine rings is 1. The maximum Gasteiger partial charge on any atom is 0.161 e. The Kier molecular flexibility index (Phi) is 8.44. The molecule has 1 N–H and O–H groups in total. The Bertz CT molecular complexity index is 1150. The fourth-order valence-electron chi connectivity index (χ4n) is 4.51. The first-order valence-electron chi connectivity index (χ1n) is 12.4. The lowest BCUT2D eigenvalue weighted by atomic mass is 9.92. The third-order valence-electron chi connectivity index (χ3n) is 6.68. The van der Waals surface area contributed by atoms with Crippen molar-refractivity contribution in [3.05, 3.63) is 70.0 Å². The van der Waals surface area contributed by atoms with E-state index in [1.807, 2.05) is 62.1 Å². The second-order valence-corrected chi connectivity index (χ2v) is 10.2. The third kappa shape index (κ3) is 6.72. The number of aromatic nitrogens is 2. The monoisotopic (exact) mass is 513 g/mol. The number of benzene rings is 2. The third-order valence-corrected chi connectivity index (χ3v) is 7.27. The van der Waals surface area contributed by atoms with E-state index in [0.717, 1.165) is 64.2 Å². The number of rotatable bonds is 10. The van der Waals surface area contributed by atoms with Crippen molar-refractivity contribution in [2.24, 2.45) is 0 Å². The van der Waals surface area contributed by atoms with Crippen molar-refractivity contribution in [3.63, 3.8) is 0 Å². The van der Waals surface area contributed by atoms with E-state index in [1.54, 1.807) is 7.11 Å². The molecule has 0 bridgehead atoms. The van der Waals surface area contributed by atoms with E-state index in [9.17, 15) is 5.11 Å². The highest BCUT2D eigenvalue weighted by Gasteiger charge is 2.33. The summed E-state index contributed by atoms with van der Waals surface area (Å²) in [5, 5.41) is 16.1. The van der Waals surface area contributed by atoms with Gasteiger partial charge in [-0.05, 0) is 80.1 Å². The topological polar surface area (TPSA) is 69.0 Å². The molecule has 0 atom stereocenters. The number of halogens is 1. The van der Waals surface area contributed by atoms with Gasteiger partial charge in [-0.15, -0.1) is 0 Å². The lowest BCUT2D eigenvalue weighted by Gasteiger charge is -2.38. The minimum Gasteiger partial charge on any atom is -0.493 e. The molecule has 0 amide bonds. The normalized spacial score (nSPS) is 15.6. The molecular formula is C28H36ClN3O4. The van der Waals surface area contributed by atoms with Gasteiger partial charge in [0.15, 0.2) is 11.5 Å². The molecule has 1 fully saturated rings. The van der Waals surface area contributed by atoms with Gasteiger partial charge in [0, 0.05) is 30.9 Å². The summed E-state index contributed by atoms with van der Waals surface area (Å²) >= 11 is 6.25. The first-order valence-corrected chi connectivity index (χ1v) is 12.8. The minimum atomic E-state index is -0.833. The van der Waals surface area contributed by atoms with Crippen LogP contribution in [0.25, 0.3) is 0 Å². The lowest BCUT2D eigenvalue weighted by molar-refractivity contribution is -0.0537. The van der Waals surface area contributed by atoms with Crippen molar-refractivity contribution >= 4 is 11.6 Å². The van der Waals surface area contributed by atoms with Crippen LogP contribution in [0.4, 0.5) is 0 Å². The SMILES string of the molecule is COc1cc(CN2CCC(O)(COc3cc(C)c(Cl)c(C)c3)CC2)ccc1OCCn1cc(C)cn1. The predicted octanol–water partition coefficient (Wildman–Crippen LogP) is 4.96. The summed E-state index contributed by atoms with van der Waals surface area (Å²) in [6.45, 7) is 9.79. The zero-order valence-corrected chi connectivity index (χ0v) is 22.3. The summed E-state index contributed by atoms with van der Waals surface area (Å²) in [7, 11) is 1.66. The van der Waals surface area contributed by atoms with Gasteiger partial charge >= 0.3 is 0 Å². The summed E-state index contributed by atoms with van der Waals surface area (Å²) < 4.78 is 19.4. The van der Waals surface area contributed by atoms with E-state index in [1.165, 1.54) is 0 Å². The van der Waals surface area contributed by atoms with Crippen molar-refractivity contribution in [1.82, 2.24) is 14.7 Å². The van der Waals surface area contributed by atoms with Crippen LogP contribution < -0.4 is 14.2 Å². The van der Waals surface area contributed by atoms with Crippen LogP contribution in [0, 0.1) is 20.8 Å². The van der Waals surface area contributed by atoms with Crippen LogP contribution in [0.3, 0.4) is 0 Å². The van der Waals surface area contributed by atoms with Gasteiger partial charge < -0.3 is 19.3 Å². The molecule has 0 unspecified atom stereocenters. The molecule has 0 aliphatic carbocycles. The van der Waals surface area contributed by atoms with Gasteiger partial charge in [0.25, 0.3) is 0 Å². The fourth-order valence-corrected chi connectivity index (χ4v) is 4.61. The first-order chi connectivity index (χ1) is 17.2. The van der Waals surface area contributed by atoms with Crippen molar-refractivity contribution in [2.75, 3.05) is 33.4 Å². The Balaban J connectivity index is 1.26. The Morgan fingerprint density at radius 3 is 2.39 bits per heavy atom. The maximum atomic E-state index is 11.1. The van der Waals surface area contributed by atoms with E-state index in [4.69, 9.17) is 25.8 Å². The highest BCUT2D eigenvalue weighted by atomic mass is 35.5. The summed E-state index contributed by atoms with van der Waals surface area (Å²) in [5.74, 6) is 2.20. The van der Waals surface area contributed by atoms with E-state index in [2.05, 4.69) is 16.1 Å². The number of aryl methyl sites for hydroxylation is 3. The van der Waals surface area contributed by atoms with Crippen LogP contribution in [0.1, 0.15) is 35.1 Å². The molecule has 4 rings (SSSR count). The van der Waals surface area contributed by atoms with Crippen molar-refractivity contribution < 1.29 is 19.3 Å². The van der Waals surface area contributed by atoms with Gasteiger partial charge in [0.05, 0.1) is 19.9 Å². The number of nitrogens with zero attached hydrogens (tertiary/aromatic N) is 3. The molecule has 0 spiro atoms. The first kappa shape index (κ1) is 26.3. The Labute approximate surface area is 218 Å². The van der Waals surface area contributed by atoms with Crippen LogP contribution in [0.2, 0.25) is 5.02 Å². The smallest absolute Gasteiger partial charge is 0.161 e. The molecule has 1 aromatic heterocycles. The predicted molar refractivity (Wildman–Crippen MR) is 141 cm³/mol. The number of likely N-dealkylation sites (tertiary alicyclic amines) is 1. The second kappa shape index (κ2) is 11.5. The second-order valence-electron chi connectivity index (χ2n) is 9.77. The van der Waals surface area contributed by atoms with E-state index >= 15 is 0 Å². The van der Waals surface area contributed by atoms with Crippen molar-refractivity contribution in [1.29, 1.82) is 0 Å². The lowest BCUT2D eigenvalue weighted by Crippen LogP contribution is -2.47. The van der Waals surface area contributed by atoms with Crippen LogP contribution in [0.5, 0.6) is 17.2 Å². The van der Waals surface area contributed by atoms with E-state index in [-0.39, 0.29) is 6.61 Å². The fraction of sp³-hybridized carbons (Fsp3) is 0.464. The maximum absolute atomic E-state index is 11.1. The van der Waals surface area contributed by atoms with Gasteiger partial charge in [0.2, 0.25) is 0 Å². The number of methoxy groups -OCH3 is 1. The zero-order valence-electron chi connectivity index (χ0n) is 21.6. The number of hydrogen-bond acceptors (Lipinski definition) is 6. The van der Waals surface area contributed by atoms with Crippen LogP contribution in [-0.4, -0.2) is 58.8 Å². The molecule has 0 radical (unpaired) electrons. The standard InChI is InChI=1S/C28H36ClN3O4/c1-20-16-30-32(17-20)11-12-35-25-6-5-23(15-26(25)34-4)18-31-9-7-28(33,8-10-31)19-36-24-13-21(2)27(29)22(3)14-24/h5-6,13-17,33H,7-12,18-19H2,1-4H3. The molecular weight excluding hydrogens is 478 g/mol. The molecule has 194 valence electrons. The molecule has 2 aromatic carbocycles. The highest BCUT2D eigenvalue weighted by Crippen LogP contribution is 2.31. The van der Waals surface area contributed by atoms with Gasteiger partial charge in [-0.25, -0.2) is 0 Å². The molecule has 3 aromatic rings. The summed E-state index contributed by atoms with van der Waals surface area (Å²) in [5.41, 5.74) is 3.41. The van der Waals surface area contributed by atoms with Gasteiger partial charge in [-0.2, -0.15) is 5.10 Å². The number of aliphatic hydroxyl groups is 1. The Hall–Kier alpha value is -2.74. The van der Waals surface area contributed by atoms with Gasteiger partial charge in [0.1, 0.15) is 24.6 Å². The number of ether oxygens (including phenoxy) is 3. The molecule has 36 heavy (non-hydrogen) atoms. The molecule has 1 saturated heterocycles. The summed E-state index contributed by atoms with van der Waals surface area (Å²) in [4.78, 5) is 2.35. The molecule has 8 heteroatoms. The average Bonchev–Trinajstić information content (AvgIpc) is 3.28. The van der Waals surface area contributed by atoms with Crippen molar-refractivity contribution in [3.8, 4) is 17.2 Å². The van der Waals surface area contributed by atoms with Crippen LogP contribution in [-0.2, 0) is 13.1 Å². The molecule has 0 saturated carbocycles. The highest BCUT2D eigenvalue weighted by molar-refractivity contribution is 6.32. The summed E-state index contributed by atoms with van der Waals surface area (Å²) in [6.07, 6.45) is 5.15. The Morgan fingerprint density at radius 2 is 1.75 bits per heavy atom. The van der Waals surface area contributed by atoms with Gasteiger partial charge in [-0.1, -0.05) is 17.7 Å². The van der Waals surface area contributed by atoms with Crippen molar-refractivity contribution in [2.45, 2.75) is 52.3 Å². The zero-order chi connectivity index (χ0) is 25.7. The van der Waals surface area contributed by atoms with Crippen LogP contribution in [0.15, 0.2) is 42.7 Å². The average molecular weight is 514 g/mol. The Morgan fingerprint density at radius 1 is 1.03 bits per heavy atom. The quantitative estimate of drug-likeness (QED) is 0.413. The van der Waals surface area contributed by atoms with Gasteiger partial charge in [-0.3, -0.25) is 9.58 Å². The molecule has 1 aliphatic rings. The molecule has 1 aliphatic heterocycles.